The average molecular weight is 240 g/mol. The molecule has 0 saturated heterocycles. The molecule has 0 atom stereocenters. The van der Waals surface area contributed by atoms with Crippen LogP contribution in [0.3, 0.4) is 0 Å². The van der Waals surface area contributed by atoms with Crippen LogP contribution in [0.4, 0.5) is 5.69 Å². The third kappa shape index (κ3) is 3.12. The highest BCUT2D eigenvalue weighted by Crippen LogP contribution is 2.14. The smallest absolute Gasteiger partial charge is 0.146 e. The highest BCUT2D eigenvalue weighted by atomic mass is 16.6. The summed E-state index contributed by atoms with van der Waals surface area (Å²) in [5, 5.41) is 3.09. The van der Waals surface area contributed by atoms with E-state index in [0.717, 1.165) is 16.8 Å². The van der Waals surface area contributed by atoms with Gasteiger partial charge in [-0.1, -0.05) is 36.4 Å². The number of benzene rings is 2. The van der Waals surface area contributed by atoms with E-state index in [1.165, 1.54) is 0 Å². The third-order valence-corrected chi connectivity index (χ3v) is 2.68. The third-order valence-electron chi connectivity index (χ3n) is 2.68. The fraction of sp³-hybridized carbons (Fsp3) is 0.0667. The minimum atomic E-state index is 0.658. The molecule has 92 valence electrons. The summed E-state index contributed by atoms with van der Waals surface area (Å²) < 4.78 is 0. The van der Waals surface area contributed by atoms with E-state index in [-0.39, 0.29) is 0 Å². The quantitative estimate of drug-likeness (QED) is 0.637. The zero-order valence-electron chi connectivity index (χ0n) is 10.3. The van der Waals surface area contributed by atoms with Gasteiger partial charge < -0.3 is 10.2 Å². The molecule has 0 aliphatic heterocycles. The first-order chi connectivity index (χ1) is 8.81. The Balaban J connectivity index is 2.08. The van der Waals surface area contributed by atoms with Gasteiger partial charge in [-0.3, -0.25) is 0 Å². The summed E-state index contributed by atoms with van der Waals surface area (Å²) in [6, 6.07) is 15.8. The van der Waals surface area contributed by atoms with Crippen molar-refractivity contribution in [3.05, 3.63) is 59.7 Å². The van der Waals surface area contributed by atoms with E-state index in [2.05, 4.69) is 34.4 Å². The monoisotopic (exact) mass is 240 g/mol. The van der Waals surface area contributed by atoms with Crippen molar-refractivity contribution in [3.8, 4) is 5.75 Å². The molecule has 3 nitrogen and oxygen atoms in total. The largest absolute Gasteiger partial charge is 0.412 e. The number of rotatable bonds is 4. The van der Waals surface area contributed by atoms with Crippen LogP contribution in [0.5, 0.6) is 5.75 Å². The predicted molar refractivity (Wildman–Crippen MR) is 76.2 cm³/mol. The summed E-state index contributed by atoms with van der Waals surface area (Å²) in [5.74, 6) is 5.73. The Morgan fingerprint density at radius 2 is 1.39 bits per heavy atom. The summed E-state index contributed by atoms with van der Waals surface area (Å²) in [6.45, 7) is 0. The van der Waals surface area contributed by atoms with Gasteiger partial charge in [0.2, 0.25) is 0 Å². The second kappa shape index (κ2) is 5.89. The Bertz CT molecular complexity index is 466. The van der Waals surface area contributed by atoms with Gasteiger partial charge in [0.05, 0.1) is 0 Å². The fourth-order valence-electron chi connectivity index (χ4n) is 1.61. The average Bonchev–Trinajstić information content (AvgIpc) is 2.46. The number of anilines is 1. The van der Waals surface area contributed by atoms with Crippen molar-refractivity contribution in [2.45, 2.75) is 0 Å². The van der Waals surface area contributed by atoms with E-state index in [0.29, 0.717) is 5.75 Å². The molecule has 0 amide bonds. The van der Waals surface area contributed by atoms with E-state index >= 15 is 0 Å². The van der Waals surface area contributed by atoms with Crippen molar-refractivity contribution in [2.75, 3.05) is 12.4 Å². The van der Waals surface area contributed by atoms with E-state index < -0.39 is 0 Å². The van der Waals surface area contributed by atoms with E-state index in [1.54, 1.807) is 0 Å². The first kappa shape index (κ1) is 12.2. The van der Waals surface area contributed by atoms with Crippen LogP contribution >= 0.6 is 0 Å². The molecule has 0 fully saturated rings. The molecule has 3 heteroatoms. The maximum atomic E-state index is 5.07. The van der Waals surface area contributed by atoms with Crippen molar-refractivity contribution in [1.82, 2.24) is 0 Å². The topological polar surface area (TPSA) is 47.3 Å². The zero-order chi connectivity index (χ0) is 12.8. The molecule has 18 heavy (non-hydrogen) atoms. The van der Waals surface area contributed by atoms with Gasteiger partial charge in [0.1, 0.15) is 5.75 Å². The lowest BCUT2D eigenvalue weighted by Crippen LogP contribution is -2.00. The van der Waals surface area contributed by atoms with Crippen LogP contribution in [0.1, 0.15) is 11.1 Å². The van der Waals surface area contributed by atoms with Crippen molar-refractivity contribution in [2.24, 2.45) is 5.90 Å². The van der Waals surface area contributed by atoms with E-state index in [9.17, 15) is 0 Å². The molecule has 0 unspecified atom stereocenters. The molecule has 0 radical (unpaired) electrons. The predicted octanol–water partition coefficient (Wildman–Crippen LogP) is 3.15. The molecule has 0 spiro atoms. The van der Waals surface area contributed by atoms with Gasteiger partial charge in [-0.15, -0.1) is 0 Å². The molecule has 0 aliphatic rings. The second-order valence-electron chi connectivity index (χ2n) is 3.89. The molecule has 0 bridgehead atoms. The molecule has 0 heterocycles. The Hall–Kier alpha value is -2.26. The van der Waals surface area contributed by atoms with Gasteiger partial charge in [0, 0.05) is 12.7 Å². The van der Waals surface area contributed by atoms with Crippen LogP contribution in [0.25, 0.3) is 12.2 Å². The van der Waals surface area contributed by atoms with Gasteiger partial charge in [-0.2, -0.15) is 5.90 Å². The Labute approximate surface area is 107 Å². The van der Waals surface area contributed by atoms with Crippen molar-refractivity contribution >= 4 is 17.8 Å². The van der Waals surface area contributed by atoms with Crippen LogP contribution in [0.15, 0.2) is 48.5 Å². The molecule has 2 rings (SSSR count). The first-order valence-electron chi connectivity index (χ1n) is 5.74. The molecule has 0 saturated carbocycles. The maximum Gasteiger partial charge on any atom is 0.146 e. The fourth-order valence-corrected chi connectivity index (χ4v) is 1.61. The summed E-state index contributed by atoms with van der Waals surface area (Å²) >= 11 is 0. The normalized spacial score (nSPS) is 10.6. The minimum Gasteiger partial charge on any atom is -0.412 e. The minimum absolute atomic E-state index is 0.658. The molecular weight excluding hydrogens is 224 g/mol. The summed E-state index contributed by atoms with van der Waals surface area (Å²) in [6.07, 6.45) is 4.12. The molecule has 3 N–H and O–H groups in total. The molecule has 0 aromatic heterocycles. The number of hydrogen-bond acceptors (Lipinski definition) is 3. The van der Waals surface area contributed by atoms with Gasteiger partial charge in [-0.25, -0.2) is 0 Å². The Morgan fingerprint density at radius 1 is 0.889 bits per heavy atom. The summed E-state index contributed by atoms with van der Waals surface area (Å²) in [7, 11) is 1.91. The summed E-state index contributed by atoms with van der Waals surface area (Å²) in [5.41, 5.74) is 3.37. The van der Waals surface area contributed by atoms with Crippen molar-refractivity contribution in [3.63, 3.8) is 0 Å². The Kier molecular flexibility index (Phi) is 3.99. The Morgan fingerprint density at radius 3 is 1.83 bits per heavy atom. The van der Waals surface area contributed by atoms with Crippen LogP contribution in [0.2, 0.25) is 0 Å². The number of nitrogens with two attached hydrogens (primary N) is 1. The lowest BCUT2D eigenvalue weighted by molar-refractivity contribution is 0.334. The van der Waals surface area contributed by atoms with Gasteiger partial charge in [0.25, 0.3) is 0 Å². The van der Waals surface area contributed by atoms with E-state index in [4.69, 9.17) is 5.90 Å². The van der Waals surface area contributed by atoms with Crippen molar-refractivity contribution < 1.29 is 4.84 Å². The van der Waals surface area contributed by atoms with E-state index in [1.807, 2.05) is 43.4 Å². The van der Waals surface area contributed by atoms with Crippen LogP contribution in [-0.4, -0.2) is 7.05 Å². The highest BCUT2D eigenvalue weighted by Gasteiger charge is 1.92. The SMILES string of the molecule is CNc1ccc(/C=C/c2ccc(ON)cc2)cc1. The lowest BCUT2D eigenvalue weighted by Gasteiger charge is -2.00. The van der Waals surface area contributed by atoms with Gasteiger partial charge in [0.15, 0.2) is 0 Å². The van der Waals surface area contributed by atoms with Crippen LogP contribution < -0.4 is 16.1 Å². The van der Waals surface area contributed by atoms with Crippen LogP contribution in [0, 0.1) is 0 Å². The molecule has 2 aromatic rings. The lowest BCUT2D eigenvalue weighted by atomic mass is 10.1. The second-order valence-corrected chi connectivity index (χ2v) is 3.89. The highest BCUT2D eigenvalue weighted by molar-refractivity contribution is 5.70. The molecule has 2 aromatic carbocycles. The van der Waals surface area contributed by atoms with Gasteiger partial charge >= 0.3 is 0 Å². The standard InChI is InChI=1S/C15H16N2O/c1-17-14-8-4-12(5-9-14)2-3-13-6-10-15(18-16)11-7-13/h2-11,17H,16H2,1H3/b3-2+. The summed E-state index contributed by atoms with van der Waals surface area (Å²) in [4.78, 5) is 4.63. The maximum absolute atomic E-state index is 5.07. The van der Waals surface area contributed by atoms with Crippen LogP contribution in [-0.2, 0) is 0 Å². The first-order valence-corrected chi connectivity index (χ1v) is 5.74. The zero-order valence-corrected chi connectivity index (χ0v) is 10.3. The van der Waals surface area contributed by atoms with Crippen molar-refractivity contribution in [1.29, 1.82) is 0 Å². The number of nitrogens with one attached hydrogen (secondary N) is 1. The molecular formula is C15H16N2O. The number of hydrogen-bond donors (Lipinski definition) is 2. The van der Waals surface area contributed by atoms with Gasteiger partial charge in [-0.05, 0) is 35.4 Å². The molecule has 0 aliphatic carbocycles.